The van der Waals surface area contributed by atoms with Crippen LogP contribution in [0.1, 0.15) is 37.3 Å². The van der Waals surface area contributed by atoms with Gasteiger partial charge in [-0.05, 0) is 12.8 Å². The summed E-state index contributed by atoms with van der Waals surface area (Å²) in [6, 6.07) is -0.315. The van der Waals surface area contributed by atoms with Gasteiger partial charge >= 0.3 is 6.18 Å². The molecule has 1 fully saturated rings. The second-order valence-electron chi connectivity index (χ2n) is 4.13. The Balaban J connectivity index is 2.18. The summed E-state index contributed by atoms with van der Waals surface area (Å²) in [6.07, 6.45) is -0.0203. The first-order valence-corrected chi connectivity index (χ1v) is 5.28. The van der Waals surface area contributed by atoms with E-state index in [0.29, 0.717) is 12.8 Å². The Hall–Kier alpha value is -1.04. The van der Waals surface area contributed by atoms with Crippen LogP contribution in [-0.2, 0) is 6.18 Å². The molecule has 1 aliphatic carbocycles. The summed E-state index contributed by atoms with van der Waals surface area (Å²) in [4.78, 5) is 0. The quantitative estimate of drug-likeness (QED) is 0.810. The molecule has 0 unspecified atom stereocenters. The molecule has 1 N–H and O–H groups in total. The molecule has 0 bridgehead atoms. The number of aliphatic hydroxyl groups excluding tert-OH is 1. The van der Waals surface area contributed by atoms with Gasteiger partial charge in [0.2, 0.25) is 0 Å². The highest BCUT2D eigenvalue weighted by Crippen LogP contribution is 2.32. The average molecular weight is 234 g/mol. The highest BCUT2D eigenvalue weighted by atomic mass is 19.4. The lowest BCUT2D eigenvalue weighted by Crippen LogP contribution is -2.27. The monoisotopic (exact) mass is 234 g/mol. The summed E-state index contributed by atoms with van der Waals surface area (Å²) in [7, 11) is 0. The van der Waals surface area contributed by atoms with Crippen molar-refractivity contribution >= 4 is 0 Å². The fourth-order valence-electron chi connectivity index (χ4n) is 2.07. The summed E-state index contributed by atoms with van der Waals surface area (Å²) in [5, 5.41) is 13.4. The molecule has 1 heterocycles. The minimum atomic E-state index is -4.36. The summed E-state index contributed by atoms with van der Waals surface area (Å²) < 4.78 is 38.3. The zero-order valence-corrected chi connectivity index (χ0v) is 8.61. The number of hydrogen-bond donors (Lipinski definition) is 1. The number of hydrogen-bond acceptors (Lipinski definition) is 2. The van der Waals surface area contributed by atoms with Crippen LogP contribution in [0.3, 0.4) is 0 Å². The van der Waals surface area contributed by atoms with Gasteiger partial charge in [0.15, 0.2) is 0 Å². The van der Waals surface area contributed by atoms with E-state index in [9.17, 15) is 18.3 Å². The maximum atomic E-state index is 12.3. The van der Waals surface area contributed by atoms with E-state index in [-0.39, 0.29) is 6.04 Å². The molecule has 0 radical (unpaired) electrons. The van der Waals surface area contributed by atoms with E-state index in [1.807, 2.05) is 0 Å². The molecule has 2 atom stereocenters. The summed E-state index contributed by atoms with van der Waals surface area (Å²) in [5.41, 5.74) is -0.759. The predicted octanol–water partition coefficient (Wildman–Crippen LogP) is 2.38. The molecule has 2 rings (SSSR count). The van der Waals surface area contributed by atoms with E-state index in [2.05, 4.69) is 5.10 Å². The largest absolute Gasteiger partial charge is 0.419 e. The molecule has 0 saturated heterocycles. The van der Waals surface area contributed by atoms with Crippen LogP contribution in [0.4, 0.5) is 13.2 Å². The van der Waals surface area contributed by atoms with E-state index in [4.69, 9.17) is 0 Å². The van der Waals surface area contributed by atoms with Gasteiger partial charge in [0, 0.05) is 6.20 Å². The third-order valence-corrected chi connectivity index (χ3v) is 2.96. The van der Waals surface area contributed by atoms with Gasteiger partial charge < -0.3 is 5.11 Å². The van der Waals surface area contributed by atoms with Crippen molar-refractivity contribution in [1.82, 2.24) is 9.78 Å². The van der Waals surface area contributed by atoms with Gasteiger partial charge in [-0.1, -0.05) is 12.8 Å². The van der Waals surface area contributed by atoms with E-state index in [1.54, 1.807) is 0 Å². The molecular weight excluding hydrogens is 221 g/mol. The molecule has 0 aromatic carbocycles. The third kappa shape index (κ3) is 2.21. The van der Waals surface area contributed by atoms with Gasteiger partial charge in [-0.2, -0.15) is 18.3 Å². The zero-order valence-electron chi connectivity index (χ0n) is 8.61. The molecule has 1 aromatic heterocycles. The lowest BCUT2D eigenvalue weighted by atomic mass is 9.93. The van der Waals surface area contributed by atoms with E-state index < -0.39 is 17.8 Å². The first kappa shape index (κ1) is 11.4. The van der Waals surface area contributed by atoms with Crippen molar-refractivity contribution < 1.29 is 18.3 Å². The van der Waals surface area contributed by atoms with Crippen molar-refractivity contribution in [2.45, 2.75) is 44.0 Å². The third-order valence-electron chi connectivity index (χ3n) is 2.96. The van der Waals surface area contributed by atoms with Gasteiger partial charge in [0.25, 0.3) is 0 Å². The number of nitrogens with zero attached hydrogens (tertiary/aromatic N) is 2. The van der Waals surface area contributed by atoms with Crippen molar-refractivity contribution in [1.29, 1.82) is 0 Å². The van der Waals surface area contributed by atoms with Crippen LogP contribution in [-0.4, -0.2) is 21.0 Å². The number of alkyl halides is 3. The second kappa shape index (κ2) is 4.08. The van der Waals surface area contributed by atoms with Crippen molar-refractivity contribution in [2.75, 3.05) is 0 Å². The van der Waals surface area contributed by atoms with Crippen molar-refractivity contribution in [2.24, 2.45) is 0 Å². The Kier molecular flexibility index (Phi) is 2.92. The van der Waals surface area contributed by atoms with Crippen molar-refractivity contribution in [3.63, 3.8) is 0 Å². The van der Waals surface area contributed by atoms with Crippen molar-refractivity contribution in [3.8, 4) is 0 Å². The molecule has 3 nitrogen and oxygen atoms in total. The van der Waals surface area contributed by atoms with Crippen LogP contribution in [0.25, 0.3) is 0 Å². The van der Waals surface area contributed by atoms with Crippen molar-refractivity contribution in [3.05, 3.63) is 18.0 Å². The maximum Gasteiger partial charge on any atom is 0.419 e. The van der Waals surface area contributed by atoms with Gasteiger partial charge in [0.1, 0.15) is 0 Å². The van der Waals surface area contributed by atoms with Crippen LogP contribution in [0.5, 0.6) is 0 Å². The molecule has 0 aliphatic heterocycles. The summed E-state index contributed by atoms with van der Waals surface area (Å²) >= 11 is 0. The Morgan fingerprint density at radius 1 is 1.31 bits per heavy atom. The fraction of sp³-hybridized carbons (Fsp3) is 0.700. The van der Waals surface area contributed by atoms with Crippen LogP contribution < -0.4 is 0 Å². The van der Waals surface area contributed by atoms with E-state index >= 15 is 0 Å². The fourth-order valence-corrected chi connectivity index (χ4v) is 2.07. The van der Waals surface area contributed by atoms with Crippen LogP contribution >= 0.6 is 0 Å². The minimum Gasteiger partial charge on any atom is -0.391 e. The first-order valence-electron chi connectivity index (χ1n) is 5.28. The highest BCUT2D eigenvalue weighted by Gasteiger charge is 2.34. The van der Waals surface area contributed by atoms with Crippen LogP contribution in [0, 0.1) is 0 Å². The number of aliphatic hydroxyl groups is 1. The first-order chi connectivity index (χ1) is 7.48. The molecule has 1 aromatic rings. The standard InChI is InChI=1S/C10H13F3N2O/c11-10(12,13)7-5-14-15(6-7)8-3-1-2-4-9(8)16/h5-6,8-9,16H,1-4H2/t8-,9-/m1/s1. The normalized spacial score (nSPS) is 27.0. The average Bonchev–Trinajstić information content (AvgIpc) is 2.66. The second-order valence-corrected chi connectivity index (χ2v) is 4.13. The molecule has 1 aliphatic rings. The molecular formula is C10H13F3N2O. The molecule has 90 valence electrons. The number of halogens is 3. The van der Waals surface area contributed by atoms with Gasteiger partial charge in [-0.25, -0.2) is 0 Å². The van der Waals surface area contributed by atoms with Crippen LogP contribution in [0.2, 0.25) is 0 Å². The van der Waals surface area contributed by atoms with Gasteiger partial charge in [0.05, 0.1) is 23.9 Å². The molecule has 6 heteroatoms. The highest BCUT2D eigenvalue weighted by molar-refractivity contribution is 5.09. The summed E-state index contributed by atoms with van der Waals surface area (Å²) in [6.45, 7) is 0. The Morgan fingerprint density at radius 3 is 2.56 bits per heavy atom. The lowest BCUT2D eigenvalue weighted by Gasteiger charge is -2.27. The lowest BCUT2D eigenvalue weighted by molar-refractivity contribution is -0.137. The molecule has 16 heavy (non-hydrogen) atoms. The minimum absolute atomic E-state index is 0.315. The smallest absolute Gasteiger partial charge is 0.391 e. The molecule has 0 spiro atoms. The maximum absolute atomic E-state index is 12.3. The zero-order chi connectivity index (χ0) is 11.8. The number of aromatic nitrogens is 2. The summed E-state index contributed by atoms with van der Waals surface area (Å²) in [5.74, 6) is 0. The van der Waals surface area contributed by atoms with Gasteiger partial charge in [-0.3, -0.25) is 4.68 Å². The van der Waals surface area contributed by atoms with E-state index in [1.165, 1.54) is 4.68 Å². The van der Waals surface area contributed by atoms with Crippen LogP contribution in [0.15, 0.2) is 12.4 Å². The van der Waals surface area contributed by atoms with Gasteiger partial charge in [-0.15, -0.1) is 0 Å². The topological polar surface area (TPSA) is 38.0 Å². The SMILES string of the molecule is O[C@@H]1CCCC[C@H]1n1cc(C(F)(F)F)cn1. The number of rotatable bonds is 1. The van der Waals surface area contributed by atoms with E-state index in [0.717, 1.165) is 25.2 Å². The Morgan fingerprint density at radius 2 is 2.00 bits per heavy atom. The molecule has 0 amide bonds. The Labute approximate surface area is 90.9 Å². The predicted molar refractivity (Wildman–Crippen MR) is 50.7 cm³/mol. The molecule has 1 saturated carbocycles. The Bertz CT molecular complexity index is 361.